The van der Waals surface area contributed by atoms with Crippen molar-refractivity contribution in [2.75, 3.05) is 0 Å². The van der Waals surface area contributed by atoms with Gasteiger partial charge in [0.2, 0.25) is 0 Å². The fourth-order valence-corrected chi connectivity index (χ4v) is 1.97. The van der Waals surface area contributed by atoms with Crippen molar-refractivity contribution in [2.24, 2.45) is 0 Å². The number of rotatable bonds is 6. The van der Waals surface area contributed by atoms with Crippen LogP contribution in [0.4, 0.5) is 0 Å². The molecular formula is C15H24. The molecule has 84 valence electrons. The normalized spacial score (nSPS) is 10.6. The number of benzene rings is 1. The Labute approximate surface area is 94.7 Å². The molecule has 0 heteroatoms. The van der Waals surface area contributed by atoms with Crippen LogP contribution in [-0.2, 0) is 12.8 Å². The number of hydrogen-bond donors (Lipinski definition) is 0. The SMILES string of the molecule is CCCCc1ccc(C)cc1CCCC. The zero-order valence-corrected chi connectivity index (χ0v) is 10.5. The highest BCUT2D eigenvalue weighted by atomic mass is 14.1. The predicted octanol–water partition coefficient (Wildman–Crippen LogP) is 4.68. The molecule has 0 aliphatic carbocycles. The minimum atomic E-state index is 1.26. The Morgan fingerprint density at radius 2 is 1.47 bits per heavy atom. The van der Waals surface area contributed by atoms with Crippen molar-refractivity contribution >= 4 is 0 Å². The first kappa shape index (κ1) is 12.3. The van der Waals surface area contributed by atoms with Crippen molar-refractivity contribution in [2.45, 2.75) is 59.3 Å². The molecule has 15 heavy (non-hydrogen) atoms. The lowest BCUT2D eigenvalue weighted by Crippen LogP contribution is -1.95. The second-order valence-electron chi connectivity index (χ2n) is 4.48. The van der Waals surface area contributed by atoms with Crippen molar-refractivity contribution in [3.05, 3.63) is 34.9 Å². The van der Waals surface area contributed by atoms with Crippen LogP contribution < -0.4 is 0 Å². The van der Waals surface area contributed by atoms with Gasteiger partial charge in [-0.05, 0) is 43.7 Å². The highest BCUT2D eigenvalue weighted by Crippen LogP contribution is 2.16. The molecule has 1 rings (SSSR count). The van der Waals surface area contributed by atoms with Gasteiger partial charge < -0.3 is 0 Å². The molecule has 0 nitrogen and oxygen atoms in total. The molecule has 0 heterocycles. The van der Waals surface area contributed by atoms with Gasteiger partial charge in [0.15, 0.2) is 0 Å². The van der Waals surface area contributed by atoms with E-state index < -0.39 is 0 Å². The van der Waals surface area contributed by atoms with E-state index in [9.17, 15) is 0 Å². The molecule has 0 aliphatic heterocycles. The molecule has 0 amide bonds. The topological polar surface area (TPSA) is 0 Å². The third-order valence-corrected chi connectivity index (χ3v) is 2.96. The lowest BCUT2D eigenvalue weighted by Gasteiger charge is -2.09. The largest absolute Gasteiger partial charge is 0.0654 e. The number of unbranched alkanes of at least 4 members (excludes halogenated alkanes) is 2. The van der Waals surface area contributed by atoms with Crippen LogP contribution in [0.1, 0.15) is 56.2 Å². The van der Waals surface area contributed by atoms with Gasteiger partial charge in [-0.3, -0.25) is 0 Å². The molecule has 0 fully saturated rings. The zero-order chi connectivity index (χ0) is 11.1. The van der Waals surface area contributed by atoms with E-state index in [4.69, 9.17) is 0 Å². The third kappa shape index (κ3) is 4.07. The smallest absolute Gasteiger partial charge is 0.0276 e. The summed E-state index contributed by atoms with van der Waals surface area (Å²) in [6, 6.07) is 6.96. The molecule has 0 N–H and O–H groups in total. The molecule has 0 aromatic heterocycles. The van der Waals surface area contributed by atoms with E-state index in [-0.39, 0.29) is 0 Å². The van der Waals surface area contributed by atoms with Crippen LogP contribution in [-0.4, -0.2) is 0 Å². The second-order valence-corrected chi connectivity index (χ2v) is 4.48. The van der Waals surface area contributed by atoms with E-state index >= 15 is 0 Å². The third-order valence-electron chi connectivity index (χ3n) is 2.96. The van der Waals surface area contributed by atoms with Crippen molar-refractivity contribution in [1.29, 1.82) is 0 Å². The molecule has 0 atom stereocenters. The Balaban J connectivity index is 2.73. The molecule has 1 aromatic rings. The van der Waals surface area contributed by atoms with Crippen LogP contribution in [0, 0.1) is 6.92 Å². The van der Waals surface area contributed by atoms with Crippen LogP contribution in [0.15, 0.2) is 18.2 Å². The van der Waals surface area contributed by atoms with E-state index in [2.05, 4.69) is 39.0 Å². The lowest BCUT2D eigenvalue weighted by molar-refractivity contribution is 0.757. The summed E-state index contributed by atoms with van der Waals surface area (Å²) in [4.78, 5) is 0. The van der Waals surface area contributed by atoms with Crippen molar-refractivity contribution in [1.82, 2.24) is 0 Å². The van der Waals surface area contributed by atoms with Gasteiger partial charge in [-0.25, -0.2) is 0 Å². The molecule has 1 aromatic carbocycles. The Morgan fingerprint density at radius 3 is 2.07 bits per heavy atom. The molecule has 0 bridgehead atoms. The standard InChI is InChI=1S/C15H24/c1-4-6-8-14-11-10-13(3)12-15(14)9-7-5-2/h10-12H,4-9H2,1-3H3. The Hall–Kier alpha value is -0.780. The molecule has 0 aliphatic rings. The highest BCUT2D eigenvalue weighted by Gasteiger charge is 2.02. The van der Waals surface area contributed by atoms with Gasteiger partial charge in [0.25, 0.3) is 0 Å². The Bertz CT molecular complexity index is 286. The van der Waals surface area contributed by atoms with E-state index in [1.54, 1.807) is 11.1 Å². The van der Waals surface area contributed by atoms with Gasteiger partial charge in [-0.2, -0.15) is 0 Å². The van der Waals surface area contributed by atoms with Crippen molar-refractivity contribution in [3.8, 4) is 0 Å². The van der Waals surface area contributed by atoms with Gasteiger partial charge in [-0.1, -0.05) is 50.5 Å². The fraction of sp³-hybridized carbons (Fsp3) is 0.600. The van der Waals surface area contributed by atoms with Gasteiger partial charge in [-0.15, -0.1) is 0 Å². The van der Waals surface area contributed by atoms with Crippen molar-refractivity contribution < 1.29 is 0 Å². The van der Waals surface area contributed by atoms with E-state index in [0.717, 1.165) is 0 Å². The van der Waals surface area contributed by atoms with Crippen LogP contribution in [0.25, 0.3) is 0 Å². The van der Waals surface area contributed by atoms with Crippen LogP contribution in [0.2, 0.25) is 0 Å². The average molecular weight is 204 g/mol. The Morgan fingerprint density at radius 1 is 0.867 bits per heavy atom. The van der Waals surface area contributed by atoms with Crippen LogP contribution >= 0.6 is 0 Å². The molecule has 0 saturated heterocycles. The van der Waals surface area contributed by atoms with E-state index in [1.165, 1.54) is 44.1 Å². The first-order valence-electron chi connectivity index (χ1n) is 6.36. The lowest BCUT2D eigenvalue weighted by atomic mass is 9.96. The predicted molar refractivity (Wildman–Crippen MR) is 68.4 cm³/mol. The van der Waals surface area contributed by atoms with Gasteiger partial charge in [0.05, 0.1) is 0 Å². The molecule has 0 spiro atoms. The fourth-order valence-electron chi connectivity index (χ4n) is 1.97. The number of hydrogen-bond acceptors (Lipinski definition) is 0. The molecule has 0 unspecified atom stereocenters. The van der Waals surface area contributed by atoms with Crippen LogP contribution in [0.5, 0.6) is 0 Å². The minimum Gasteiger partial charge on any atom is -0.0654 e. The maximum absolute atomic E-state index is 2.38. The van der Waals surface area contributed by atoms with E-state index in [1.807, 2.05) is 0 Å². The summed E-state index contributed by atoms with van der Waals surface area (Å²) in [6.45, 7) is 6.72. The molecular weight excluding hydrogens is 180 g/mol. The summed E-state index contributed by atoms with van der Waals surface area (Å²) in [5, 5.41) is 0. The average Bonchev–Trinajstić information content (AvgIpc) is 2.25. The minimum absolute atomic E-state index is 1.26. The first-order chi connectivity index (χ1) is 7.27. The summed E-state index contributed by atoms with van der Waals surface area (Å²) >= 11 is 0. The van der Waals surface area contributed by atoms with Crippen LogP contribution in [0.3, 0.4) is 0 Å². The van der Waals surface area contributed by atoms with Gasteiger partial charge in [0.1, 0.15) is 0 Å². The quantitative estimate of drug-likeness (QED) is 0.631. The summed E-state index contributed by atoms with van der Waals surface area (Å²) in [5.74, 6) is 0. The zero-order valence-electron chi connectivity index (χ0n) is 10.5. The summed E-state index contributed by atoms with van der Waals surface area (Å²) in [5.41, 5.74) is 4.57. The maximum Gasteiger partial charge on any atom is -0.0276 e. The monoisotopic (exact) mass is 204 g/mol. The first-order valence-corrected chi connectivity index (χ1v) is 6.36. The molecule has 0 radical (unpaired) electrons. The summed E-state index contributed by atoms with van der Waals surface area (Å²) < 4.78 is 0. The summed E-state index contributed by atoms with van der Waals surface area (Å²) in [6.07, 6.45) is 7.75. The second kappa shape index (κ2) is 6.66. The summed E-state index contributed by atoms with van der Waals surface area (Å²) in [7, 11) is 0. The van der Waals surface area contributed by atoms with Crippen molar-refractivity contribution in [3.63, 3.8) is 0 Å². The van der Waals surface area contributed by atoms with E-state index in [0.29, 0.717) is 0 Å². The van der Waals surface area contributed by atoms with Gasteiger partial charge >= 0.3 is 0 Å². The Kier molecular flexibility index (Phi) is 5.45. The highest BCUT2D eigenvalue weighted by molar-refractivity contribution is 5.31. The van der Waals surface area contributed by atoms with Gasteiger partial charge in [0, 0.05) is 0 Å². The molecule has 0 saturated carbocycles. The maximum atomic E-state index is 2.38. The number of aryl methyl sites for hydroxylation is 3.